The minimum Gasteiger partial charge on any atom is -0.394 e. The summed E-state index contributed by atoms with van der Waals surface area (Å²) in [6.07, 6.45) is 16.7. The van der Waals surface area contributed by atoms with Crippen LogP contribution in [-0.2, 0) is 27.2 Å². The Morgan fingerprint density at radius 1 is 0.729 bits per heavy atom. The molecule has 2 aromatic rings. The van der Waals surface area contributed by atoms with Crippen molar-refractivity contribution in [2.75, 3.05) is 6.54 Å². The fraction of sp³-hybridized carbons (Fsp3) is 0.524. The van der Waals surface area contributed by atoms with E-state index in [1.165, 1.54) is 56.2 Å². The van der Waals surface area contributed by atoms with Gasteiger partial charge in [0.1, 0.15) is 11.2 Å². The van der Waals surface area contributed by atoms with Gasteiger partial charge in [0.15, 0.2) is 0 Å². The van der Waals surface area contributed by atoms with Crippen molar-refractivity contribution in [3.63, 3.8) is 0 Å². The van der Waals surface area contributed by atoms with Crippen molar-refractivity contribution < 1.29 is 24.5 Å². The van der Waals surface area contributed by atoms with E-state index in [-0.39, 0.29) is 0 Å². The average molecular weight is 656 g/mol. The molecule has 2 aliphatic carbocycles. The van der Waals surface area contributed by atoms with Crippen molar-refractivity contribution in [1.29, 1.82) is 0 Å². The Morgan fingerprint density at radius 3 is 1.54 bits per heavy atom. The van der Waals surface area contributed by atoms with E-state index in [0.717, 1.165) is 94.7 Å². The van der Waals surface area contributed by atoms with Crippen molar-refractivity contribution in [1.82, 2.24) is 0 Å². The number of rotatable bonds is 8. The third-order valence-corrected chi connectivity index (χ3v) is 8.37. The van der Waals surface area contributed by atoms with Crippen LogP contribution in [0.2, 0.25) is 0 Å². The molecule has 260 valence electrons. The lowest BCUT2D eigenvalue weighted by molar-refractivity contribution is -0.156. The molecule has 2 fully saturated rings. The van der Waals surface area contributed by atoms with Crippen molar-refractivity contribution >= 4 is 11.9 Å². The predicted molar refractivity (Wildman–Crippen MR) is 195 cm³/mol. The standard InChI is InChI=1S/C21H28O.C17H23NO.C4H6O3/c1-18(2)9-4-5-10-19-11-8-12-20(17-19)13-16-21(22)14-6-3-7-15-21;18-13-5-8-15-6-4-7-16(14-15)9-12-17(19)10-2-1-3-11-17;1-3(5)7-4(2)6/h8,11-12,17,22H,1,3-7,9-10,14-15H2,2H3;4,6-7,14,19H,1-3,5,8,10-11,13,18H2;1-2H3. The normalized spacial score (nSPS) is 15.7. The second-order valence-corrected chi connectivity index (χ2v) is 13.2. The van der Waals surface area contributed by atoms with Gasteiger partial charge in [0.2, 0.25) is 0 Å². The molecule has 0 aliphatic heterocycles. The molecule has 2 aliphatic rings. The Labute approximate surface area is 289 Å². The lowest BCUT2D eigenvalue weighted by Gasteiger charge is -2.26. The number of unbranched alkanes of at least 4 members (excludes halogenated alkanes) is 1. The van der Waals surface area contributed by atoms with E-state index in [0.29, 0.717) is 0 Å². The maximum Gasteiger partial charge on any atom is 0.310 e. The summed E-state index contributed by atoms with van der Waals surface area (Å²) in [5, 5.41) is 20.8. The quantitative estimate of drug-likeness (QED) is 0.0883. The molecule has 0 amide bonds. The zero-order valence-electron chi connectivity index (χ0n) is 29.5. The number of allylic oxidation sites excluding steroid dienone is 1. The van der Waals surface area contributed by atoms with Gasteiger partial charge in [-0.3, -0.25) is 9.59 Å². The third-order valence-electron chi connectivity index (χ3n) is 8.37. The summed E-state index contributed by atoms with van der Waals surface area (Å²) in [4.78, 5) is 19.6. The van der Waals surface area contributed by atoms with E-state index in [1.807, 2.05) is 18.2 Å². The van der Waals surface area contributed by atoms with Gasteiger partial charge in [-0.15, -0.1) is 6.58 Å². The molecule has 2 aromatic carbocycles. The highest BCUT2D eigenvalue weighted by atomic mass is 16.6. The zero-order chi connectivity index (χ0) is 35.3. The lowest BCUT2D eigenvalue weighted by atomic mass is 9.85. The molecule has 0 saturated heterocycles. The van der Waals surface area contributed by atoms with Gasteiger partial charge in [-0.25, -0.2) is 0 Å². The van der Waals surface area contributed by atoms with E-state index in [1.54, 1.807) is 0 Å². The first-order valence-corrected chi connectivity index (χ1v) is 17.6. The van der Waals surface area contributed by atoms with Crippen molar-refractivity contribution in [3.8, 4) is 23.7 Å². The van der Waals surface area contributed by atoms with Crippen LogP contribution in [-0.4, -0.2) is 39.9 Å². The van der Waals surface area contributed by atoms with Crippen molar-refractivity contribution in [3.05, 3.63) is 82.9 Å². The molecule has 0 aromatic heterocycles. The summed E-state index contributed by atoms with van der Waals surface area (Å²) >= 11 is 0. The zero-order valence-corrected chi connectivity index (χ0v) is 29.5. The average Bonchev–Trinajstić information content (AvgIpc) is 3.05. The molecule has 48 heavy (non-hydrogen) atoms. The summed E-state index contributed by atoms with van der Waals surface area (Å²) in [6.45, 7) is 9.12. The fourth-order valence-corrected chi connectivity index (χ4v) is 5.77. The maximum absolute atomic E-state index is 10.4. The van der Waals surface area contributed by atoms with Crippen LogP contribution in [0.3, 0.4) is 0 Å². The SMILES string of the molecule is C=C(C)CCCCc1cccc(C#CC2(O)CCCCC2)c1.CC(=O)OC(C)=O.NCCCc1cccc(C#CC2(O)CCCCC2)c1. The first kappa shape index (κ1) is 40.5. The Balaban J connectivity index is 0.000000281. The van der Waals surface area contributed by atoms with Crippen LogP contribution in [0.25, 0.3) is 0 Å². The molecule has 6 nitrogen and oxygen atoms in total. The van der Waals surface area contributed by atoms with Crippen LogP contribution >= 0.6 is 0 Å². The molecule has 0 unspecified atom stereocenters. The van der Waals surface area contributed by atoms with Gasteiger partial charge in [-0.2, -0.15) is 0 Å². The highest BCUT2D eigenvalue weighted by Crippen LogP contribution is 2.28. The highest BCUT2D eigenvalue weighted by Gasteiger charge is 2.27. The highest BCUT2D eigenvalue weighted by molar-refractivity contribution is 5.82. The van der Waals surface area contributed by atoms with Gasteiger partial charge in [0.05, 0.1) is 0 Å². The van der Waals surface area contributed by atoms with E-state index in [9.17, 15) is 19.8 Å². The topological polar surface area (TPSA) is 110 Å². The van der Waals surface area contributed by atoms with Gasteiger partial charge < -0.3 is 20.7 Å². The van der Waals surface area contributed by atoms with Gasteiger partial charge in [0, 0.05) is 25.0 Å². The summed E-state index contributed by atoms with van der Waals surface area (Å²) in [5.41, 5.74) is 9.91. The van der Waals surface area contributed by atoms with Gasteiger partial charge in [0.25, 0.3) is 0 Å². The maximum atomic E-state index is 10.4. The lowest BCUT2D eigenvalue weighted by Crippen LogP contribution is -2.29. The van der Waals surface area contributed by atoms with Crippen molar-refractivity contribution in [2.24, 2.45) is 5.73 Å². The van der Waals surface area contributed by atoms with E-state index in [4.69, 9.17) is 5.73 Å². The Bertz CT molecular complexity index is 1410. The molecule has 2 saturated carbocycles. The number of hydrogen-bond donors (Lipinski definition) is 3. The Hall–Kier alpha value is -3.68. The van der Waals surface area contributed by atoms with E-state index < -0.39 is 23.1 Å². The number of aryl methyl sites for hydroxylation is 2. The van der Waals surface area contributed by atoms with E-state index in [2.05, 4.69) is 72.3 Å². The Kier molecular flexibility index (Phi) is 18.6. The number of ether oxygens (including phenoxy) is 1. The van der Waals surface area contributed by atoms with Crippen molar-refractivity contribution in [2.45, 2.75) is 135 Å². The van der Waals surface area contributed by atoms with Crippen LogP contribution in [0.5, 0.6) is 0 Å². The molecule has 4 N–H and O–H groups in total. The number of carbonyl (C=O) groups excluding carboxylic acids is 2. The molecular weight excluding hydrogens is 598 g/mol. The Morgan fingerprint density at radius 2 is 1.17 bits per heavy atom. The molecule has 6 heteroatoms. The fourth-order valence-electron chi connectivity index (χ4n) is 5.77. The molecule has 0 heterocycles. The third kappa shape index (κ3) is 18.0. The number of benzene rings is 2. The first-order chi connectivity index (χ1) is 22.9. The summed E-state index contributed by atoms with van der Waals surface area (Å²) in [7, 11) is 0. The predicted octanol–water partition coefficient (Wildman–Crippen LogP) is 7.74. The van der Waals surface area contributed by atoms with Crippen LogP contribution in [0.15, 0.2) is 60.7 Å². The van der Waals surface area contributed by atoms with Gasteiger partial charge >= 0.3 is 11.9 Å². The number of hydrogen-bond acceptors (Lipinski definition) is 6. The van der Waals surface area contributed by atoms with Crippen LogP contribution < -0.4 is 5.73 Å². The van der Waals surface area contributed by atoms with Crippen LogP contribution in [0, 0.1) is 23.7 Å². The summed E-state index contributed by atoms with van der Waals surface area (Å²) in [5.74, 6) is 11.4. The van der Waals surface area contributed by atoms with Crippen LogP contribution in [0.4, 0.5) is 0 Å². The van der Waals surface area contributed by atoms with Gasteiger partial charge in [-0.05, 0) is 139 Å². The molecule has 4 rings (SSSR count). The minimum absolute atomic E-state index is 0.562. The van der Waals surface area contributed by atoms with Crippen LogP contribution in [0.1, 0.15) is 133 Å². The number of esters is 2. The smallest absolute Gasteiger partial charge is 0.310 e. The largest absolute Gasteiger partial charge is 0.394 e. The minimum atomic E-state index is -0.758. The molecule has 0 radical (unpaired) electrons. The summed E-state index contributed by atoms with van der Waals surface area (Å²) < 4.78 is 3.97. The number of carbonyl (C=O) groups is 2. The van der Waals surface area contributed by atoms with E-state index >= 15 is 0 Å². The number of aliphatic hydroxyl groups is 2. The number of nitrogens with two attached hydrogens (primary N) is 1. The molecule has 0 bridgehead atoms. The molecular formula is C42H57NO5. The molecule has 0 spiro atoms. The monoisotopic (exact) mass is 655 g/mol. The second kappa shape index (κ2) is 22.0. The molecule has 0 atom stereocenters. The second-order valence-electron chi connectivity index (χ2n) is 13.2. The summed E-state index contributed by atoms with van der Waals surface area (Å²) in [6, 6.07) is 16.7. The van der Waals surface area contributed by atoms with Gasteiger partial charge in [-0.1, -0.05) is 66.4 Å². The first-order valence-electron chi connectivity index (χ1n) is 17.6.